The van der Waals surface area contributed by atoms with Crippen LogP contribution in [0.15, 0.2) is 48.5 Å². The van der Waals surface area contributed by atoms with Crippen molar-refractivity contribution in [1.82, 2.24) is 0 Å². The third-order valence-electron chi connectivity index (χ3n) is 4.11. The molecule has 3 rings (SSSR count). The molecule has 0 saturated heterocycles. The number of para-hydroxylation sites is 1. The lowest BCUT2D eigenvalue weighted by Gasteiger charge is -2.31. The van der Waals surface area contributed by atoms with Crippen LogP contribution in [0, 0.1) is 0 Å². The second-order valence-electron chi connectivity index (χ2n) is 5.82. The van der Waals surface area contributed by atoms with Gasteiger partial charge in [0.15, 0.2) is 6.10 Å². The van der Waals surface area contributed by atoms with Crippen molar-refractivity contribution in [3.8, 4) is 5.75 Å². The highest BCUT2D eigenvalue weighted by Gasteiger charge is 2.28. The van der Waals surface area contributed by atoms with E-state index in [1.807, 2.05) is 24.3 Å². The molecule has 1 N–H and O–H groups in total. The maximum atomic E-state index is 12.7. The molecule has 0 spiro atoms. The summed E-state index contributed by atoms with van der Waals surface area (Å²) in [6, 6.07) is 13.5. The average molecular weight is 325 g/mol. The Bertz CT molecular complexity index is 754. The number of benzene rings is 2. The molecule has 2 aromatic rings. The molecule has 0 fully saturated rings. The summed E-state index contributed by atoms with van der Waals surface area (Å²) in [5.41, 5.74) is 2.32. The Morgan fingerprint density at radius 2 is 1.83 bits per heavy atom. The number of phenols is 1. The number of amides is 1. The molecule has 24 heavy (non-hydrogen) atoms. The number of anilines is 1. The number of phenolic OH excluding ortho intramolecular Hbond substituents is 1. The largest absolute Gasteiger partial charge is 0.508 e. The zero-order chi connectivity index (χ0) is 17.1. The van der Waals surface area contributed by atoms with Gasteiger partial charge >= 0.3 is 5.97 Å². The van der Waals surface area contributed by atoms with Crippen molar-refractivity contribution >= 4 is 17.6 Å². The molecule has 5 heteroatoms. The number of aromatic hydroxyl groups is 1. The molecule has 1 amide bonds. The third-order valence-corrected chi connectivity index (χ3v) is 4.11. The monoisotopic (exact) mass is 325 g/mol. The van der Waals surface area contributed by atoms with Crippen LogP contribution in [0.1, 0.15) is 29.3 Å². The number of aryl methyl sites for hydroxylation is 1. The Balaban J connectivity index is 1.71. The maximum Gasteiger partial charge on any atom is 0.338 e. The summed E-state index contributed by atoms with van der Waals surface area (Å²) >= 11 is 0. The van der Waals surface area contributed by atoms with E-state index in [0.29, 0.717) is 12.1 Å². The van der Waals surface area contributed by atoms with Crippen LogP contribution in [-0.4, -0.2) is 29.6 Å². The van der Waals surface area contributed by atoms with E-state index in [1.54, 1.807) is 11.8 Å². The van der Waals surface area contributed by atoms with E-state index < -0.39 is 12.1 Å². The lowest BCUT2D eigenvalue weighted by atomic mass is 10.0. The van der Waals surface area contributed by atoms with Crippen molar-refractivity contribution in [2.24, 2.45) is 0 Å². The Hall–Kier alpha value is -2.82. The van der Waals surface area contributed by atoms with Crippen LogP contribution in [0.5, 0.6) is 5.75 Å². The molecule has 5 nitrogen and oxygen atoms in total. The van der Waals surface area contributed by atoms with Crippen molar-refractivity contribution in [1.29, 1.82) is 0 Å². The lowest BCUT2D eigenvalue weighted by molar-refractivity contribution is -0.126. The number of ether oxygens (including phenoxy) is 1. The molecular weight excluding hydrogens is 306 g/mol. The smallest absolute Gasteiger partial charge is 0.338 e. The predicted molar refractivity (Wildman–Crippen MR) is 90.1 cm³/mol. The molecular formula is C19H19NO4. The minimum Gasteiger partial charge on any atom is -0.508 e. The van der Waals surface area contributed by atoms with Gasteiger partial charge in [0.2, 0.25) is 0 Å². The molecule has 1 aliphatic rings. The first-order chi connectivity index (χ1) is 11.6. The molecule has 0 saturated carbocycles. The zero-order valence-electron chi connectivity index (χ0n) is 13.4. The third kappa shape index (κ3) is 3.25. The summed E-state index contributed by atoms with van der Waals surface area (Å²) in [6.07, 6.45) is 0.959. The van der Waals surface area contributed by atoms with Crippen LogP contribution in [0.2, 0.25) is 0 Å². The van der Waals surface area contributed by atoms with Crippen LogP contribution in [0.3, 0.4) is 0 Å². The molecule has 124 valence electrons. The van der Waals surface area contributed by atoms with Gasteiger partial charge in [-0.2, -0.15) is 0 Å². The Morgan fingerprint density at radius 1 is 1.12 bits per heavy atom. The van der Waals surface area contributed by atoms with Crippen LogP contribution >= 0.6 is 0 Å². The molecule has 0 aliphatic carbocycles. The first-order valence-electron chi connectivity index (χ1n) is 7.95. The van der Waals surface area contributed by atoms with Gasteiger partial charge in [-0.05, 0) is 55.7 Å². The second-order valence-corrected chi connectivity index (χ2v) is 5.82. The lowest BCUT2D eigenvalue weighted by Crippen LogP contribution is -2.42. The van der Waals surface area contributed by atoms with Gasteiger partial charge in [-0.3, -0.25) is 4.79 Å². The molecule has 0 radical (unpaired) electrons. The van der Waals surface area contributed by atoms with E-state index >= 15 is 0 Å². The fourth-order valence-corrected chi connectivity index (χ4v) is 2.86. The van der Waals surface area contributed by atoms with Crippen molar-refractivity contribution in [3.63, 3.8) is 0 Å². The topological polar surface area (TPSA) is 66.8 Å². The van der Waals surface area contributed by atoms with Crippen LogP contribution in [0.25, 0.3) is 0 Å². The highest BCUT2D eigenvalue weighted by molar-refractivity contribution is 5.99. The summed E-state index contributed by atoms with van der Waals surface area (Å²) < 4.78 is 5.29. The SMILES string of the molecule is CC(OC(=O)c1ccc(O)cc1)C(=O)N1CCCc2ccccc21. The molecule has 1 heterocycles. The predicted octanol–water partition coefficient (Wildman–Crippen LogP) is 2.92. The number of carbonyl (C=O) groups excluding carboxylic acids is 2. The molecule has 1 atom stereocenters. The number of esters is 1. The van der Waals surface area contributed by atoms with Crippen LogP contribution in [0.4, 0.5) is 5.69 Å². The Labute approximate surface area is 140 Å². The first-order valence-corrected chi connectivity index (χ1v) is 7.95. The first kappa shape index (κ1) is 16.1. The number of carbonyl (C=O) groups is 2. The number of hydrogen-bond donors (Lipinski definition) is 1. The fourth-order valence-electron chi connectivity index (χ4n) is 2.86. The summed E-state index contributed by atoms with van der Waals surface area (Å²) in [5, 5.41) is 9.26. The summed E-state index contributed by atoms with van der Waals surface area (Å²) in [6.45, 7) is 2.20. The minimum atomic E-state index is -0.877. The van der Waals surface area contributed by atoms with Gasteiger partial charge < -0.3 is 14.7 Å². The van der Waals surface area contributed by atoms with E-state index in [0.717, 1.165) is 24.1 Å². The number of fused-ring (bicyclic) bond motifs is 1. The van der Waals surface area contributed by atoms with Crippen molar-refractivity contribution in [3.05, 3.63) is 59.7 Å². The second kappa shape index (κ2) is 6.74. The maximum absolute atomic E-state index is 12.7. The number of rotatable bonds is 3. The van der Waals surface area contributed by atoms with E-state index in [1.165, 1.54) is 24.3 Å². The highest BCUT2D eigenvalue weighted by Crippen LogP contribution is 2.27. The van der Waals surface area contributed by atoms with Crippen molar-refractivity contribution in [2.75, 3.05) is 11.4 Å². The van der Waals surface area contributed by atoms with Crippen molar-refractivity contribution in [2.45, 2.75) is 25.9 Å². The number of nitrogens with zero attached hydrogens (tertiary/aromatic N) is 1. The van der Waals surface area contributed by atoms with Gasteiger partial charge in [0.25, 0.3) is 5.91 Å². The van der Waals surface area contributed by atoms with Gasteiger partial charge in [-0.1, -0.05) is 18.2 Å². The van der Waals surface area contributed by atoms with Gasteiger partial charge in [0, 0.05) is 12.2 Å². The van der Waals surface area contributed by atoms with Gasteiger partial charge in [0.1, 0.15) is 5.75 Å². The average Bonchev–Trinajstić information content (AvgIpc) is 2.61. The van der Waals surface area contributed by atoms with Crippen LogP contribution < -0.4 is 4.90 Å². The van der Waals surface area contributed by atoms with Crippen molar-refractivity contribution < 1.29 is 19.4 Å². The van der Waals surface area contributed by atoms with E-state index in [-0.39, 0.29) is 11.7 Å². The van der Waals surface area contributed by atoms with Gasteiger partial charge in [-0.15, -0.1) is 0 Å². The molecule has 0 bridgehead atoms. The zero-order valence-corrected chi connectivity index (χ0v) is 13.4. The van der Waals surface area contributed by atoms with Gasteiger partial charge in [-0.25, -0.2) is 4.79 Å². The fraction of sp³-hybridized carbons (Fsp3) is 0.263. The standard InChI is InChI=1S/C19H19NO4/c1-13(24-19(23)15-8-10-16(21)11-9-15)18(22)20-12-4-6-14-5-2-3-7-17(14)20/h2-3,5,7-11,13,21H,4,6,12H2,1H3. The molecule has 1 unspecified atom stereocenters. The van der Waals surface area contributed by atoms with Crippen LogP contribution in [-0.2, 0) is 16.0 Å². The van der Waals surface area contributed by atoms with E-state index in [4.69, 9.17) is 4.74 Å². The molecule has 0 aromatic heterocycles. The summed E-state index contributed by atoms with van der Waals surface area (Å²) in [5.74, 6) is -0.740. The van der Waals surface area contributed by atoms with Gasteiger partial charge in [0.05, 0.1) is 5.56 Å². The normalized spacial score (nSPS) is 14.6. The van der Waals surface area contributed by atoms with E-state index in [2.05, 4.69) is 0 Å². The quantitative estimate of drug-likeness (QED) is 0.881. The summed E-state index contributed by atoms with van der Waals surface area (Å²) in [7, 11) is 0. The highest BCUT2D eigenvalue weighted by atomic mass is 16.5. The Morgan fingerprint density at radius 3 is 2.58 bits per heavy atom. The molecule has 1 aliphatic heterocycles. The molecule has 2 aromatic carbocycles. The summed E-state index contributed by atoms with van der Waals surface area (Å²) in [4.78, 5) is 26.5. The van der Waals surface area contributed by atoms with E-state index in [9.17, 15) is 14.7 Å². The Kier molecular flexibility index (Phi) is 4.51. The minimum absolute atomic E-state index is 0.0700. The number of hydrogen-bond acceptors (Lipinski definition) is 4.